The highest BCUT2D eigenvalue weighted by atomic mass is 15.2. The van der Waals surface area contributed by atoms with Gasteiger partial charge < -0.3 is 14.5 Å². The molecule has 0 bridgehead atoms. The van der Waals surface area contributed by atoms with Gasteiger partial charge in [0.1, 0.15) is 6.17 Å². The fourth-order valence-corrected chi connectivity index (χ4v) is 7.25. The first-order chi connectivity index (χ1) is 20.8. The van der Waals surface area contributed by atoms with Gasteiger partial charge in [0.25, 0.3) is 0 Å². The van der Waals surface area contributed by atoms with Crippen LogP contribution in [0, 0.1) is 0 Å². The molecular weight excluding hydrogens is 512 g/mol. The van der Waals surface area contributed by atoms with Crippen molar-refractivity contribution in [2.45, 2.75) is 6.17 Å². The van der Waals surface area contributed by atoms with E-state index in [1.165, 1.54) is 66.0 Å². The molecule has 8 aromatic rings. The predicted molar refractivity (Wildman–Crippen MR) is 175 cm³/mol. The molecule has 1 unspecified atom stereocenters. The largest absolute Gasteiger partial charge is 0.358 e. The molecule has 196 valence electrons. The van der Waals surface area contributed by atoms with Crippen molar-refractivity contribution in [3.05, 3.63) is 139 Å². The van der Waals surface area contributed by atoms with Crippen LogP contribution in [-0.2, 0) is 0 Å². The van der Waals surface area contributed by atoms with Crippen LogP contribution in [0.3, 0.4) is 0 Å². The van der Waals surface area contributed by atoms with Gasteiger partial charge in [-0.3, -0.25) is 0 Å². The Balaban J connectivity index is 1.37. The van der Waals surface area contributed by atoms with Gasteiger partial charge in [-0.1, -0.05) is 78.9 Å². The van der Waals surface area contributed by atoms with Crippen LogP contribution in [0.1, 0.15) is 11.7 Å². The summed E-state index contributed by atoms with van der Waals surface area (Å²) >= 11 is 0. The van der Waals surface area contributed by atoms with Crippen LogP contribution in [0.25, 0.3) is 60.4 Å². The summed E-state index contributed by atoms with van der Waals surface area (Å²) in [4.78, 5) is 5.25. The molecule has 6 aromatic carbocycles. The van der Waals surface area contributed by atoms with Gasteiger partial charge in [-0.2, -0.15) is 0 Å². The number of hydrogen-bond acceptors (Lipinski definition) is 2. The lowest BCUT2D eigenvalue weighted by Crippen LogP contribution is -2.24. The van der Waals surface area contributed by atoms with E-state index in [-0.39, 0.29) is 6.17 Å². The first kappa shape index (κ1) is 22.1. The summed E-state index contributed by atoms with van der Waals surface area (Å²) in [5.41, 5.74) is 12.8. The van der Waals surface area contributed by atoms with Gasteiger partial charge in [0.05, 0.1) is 39.2 Å². The number of rotatable bonds is 2. The Hall–Kier alpha value is -5.61. The average molecular weight is 537 g/mol. The number of aromatic nitrogens is 2. The van der Waals surface area contributed by atoms with Crippen molar-refractivity contribution in [1.29, 1.82) is 0 Å². The Kier molecular flexibility index (Phi) is 4.21. The normalized spacial score (nSPS) is 15.2. The second-order valence-electron chi connectivity index (χ2n) is 11.3. The third-order valence-corrected chi connectivity index (χ3v) is 9.04. The van der Waals surface area contributed by atoms with Crippen molar-refractivity contribution in [1.82, 2.24) is 9.13 Å². The number of hydrogen-bond donors (Lipinski definition) is 1. The number of para-hydroxylation sites is 4. The van der Waals surface area contributed by atoms with Crippen LogP contribution in [0.15, 0.2) is 138 Å². The minimum absolute atomic E-state index is 0.0760. The number of nitrogens with zero attached hydrogens (tertiary/aromatic N) is 3. The van der Waals surface area contributed by atoms with Gasteiger partial charge in [0, 0.05) is 32.8 Å². The molecule has 2 aliphatic heterocycles. The topological polar surface area (TPSA) is 34.2 Å². The quantitative estimate of drug-likeness (QED) is 0.234. The minimum atomic E-state index is -0.0760. The molecule has 2 aliphatic rings. The Morgan fingerprint density at radius 3 is 2.17 bits per heavy atom. The molecule has 4 nitrogen and oxygen atoms in total. The zero-order valence-corrected chi connectivity index (χ0v) is 22.6. The summed E-state index contributed by atoms with van der Waals surface area (Å²) in [6.45, 7) is 0. The summed E-state index contributed by atoms with van der Waals surface area (Å²) in [6, 6.07) is 48.0. The van der Waals surface area contributed by atoms with E-state index in [9.17, 15) is 0 Å². The molecule has 10 rings (SSSR count). The SMILES string of the molecule is c1ccc(-c2cc3c4c(c2)c2cc5c6ccccc6n(-c6ccccc6)c5cc2n4C2Nc4ccccc4N=C32)cc1. The Bertz CT molecular complexity index is 2430. The average Bonchev–Trinajstić information content (AvgIpc) is 3.67. The Morgan fingerprint density at radius 2 is 1.29 bits per heavy atom. The maximum absolute atomic E-state index is 5.25. The number of anilines is 1. The van der Waals surface area contributed by atoms with Gasteiger partial charge in [-0.05, 0) is 65.7 Å². The van der Waals surface area contributed by atoms with E-state index in [0.717, 1.165) is 17.1 Å². The number of benzene rings is 6. The molecule has 4 heterocycles. The molecule has 42 heavy (non-hydrogen) atoms. The molecule has 4 heteroatoms. The molecule has 0 amide bonds. The Morgan fingerprint density at radius 1 is 0.548 bits per heavy atom. The molecule has 2 aromatic heterocycles. The van der Waals surface area contributed by atoms with E-state index < -0.39 is 0 Å². The van der Waals surface area contributed by atoms with E-state index in [1.54, 1.807) is 0 Å². The number of nitrogens with one attached hydrogen (secondary N) is 1. The lowest BCUT2D eigenvalue weighted by molar-refractivity contribution is 0.779. The van der Waals surface area contributed by atoms with Crippen LogP contribution >= 0.6 is 0 Å². The van der Waals surface area contributed by atoms with Crippen molar-refractivity contribution >= 4 is 60.7 Å². The highest BCUT2D eigenvalue weighted by Gasteiger charge is 2.36. The molecule has 1 atom stereocenters. The third kappa shape index (κ3) is 2.83. The standard InChI is InChI=1S/C38H24N4/c1-3-11-23(12-4-1)24-19-29-28-21-27-26-15-7-10-18-33(26)41(25-13-5-2-6-14-25)34(27)22-35(28)42-37(29)30(20-24)36-38(42)40-32-17-9-8-16-31(32)39-36/h1-22,38,40H. The monoisotopic (exact) mass is 536 g/mol. The van der Waals surface area contributed by atoms with Gasteiger partial charge in [0.2, 0.25) is 0 Å². The maximum atomic E-state index is 5.25. The smallest absolute Gasteiger partial charge is 0.148 e. The van der Waals surface area contributed by atoms with E-state index >= 15 is 0 Å². The van der Waals surface area contributed by atoms with Crippen LogP contribution in [0.5, 0.6) is 0 Å². The summed E-state index contributed by atoms with van der Waals surface area (Å²) in [5, 5.41) is 8.92. The van der Waals surface area contributed by atoms with E-state index in [4.69, 9.17) is 4.99 Å². The summed E-state index contributed by atoms with van der Waals surface area (Å²) < 4.78 is 4.88. The zero-order valence-electron chi connectivity index (χ0n) is 22.6. The van der Waals surface area contributed by atoms with Crippen molar-refractivity contribution < 1.29 is 0 Å². The second-order valence-corrected chi connectivity index (χ2v) is 11.3. The summed E-state index contributed by atoms with van der Waals surface area (Å²) in [7, 11) is 0. The molecule has 1 N–H and O–H groups in total. The van der Waals surface area contributed by atoms with Crippen molar-refractivity contribution in [3.63, 3.8) is 0 Å². The maximum Gasteiger partial charge on any atom is 0.148 e. The molecule has 0 saturated heterocycles. The minimum Gasteiger partial charge on any atom is -0.358 e. The van der Waals surface area contributed by atoms with Gasteiger partial charge >= 0.3 is 0 Å². The molecule has 0 saturated carbocycles. The van der Waals surface area contributed by atoms with Crippen molar-refractivity contribution in [2.75, 3.05) is 5.32 Å². The van der Waals surface area contributed by atoms with Crippen LogP contribution in [-0.4, -0.2) is 14.8 Å². The second kappa shape index (κ2) is 7.99. The molecule has 0 aliphatic carbocycles. The number of fused-ring (bicyclic) bond motifs is 10. The lowest BCUT2D eigenvalue weighted by atomic mass is 9.96. The fraction of sp³-hybridized carbons (Fsp3) is 0.0263. The van der Waals surface area contributed by atoms with Crippen LogP contribution in [0.2, 0.25) is 0 Å². The van der Waals surface area contributed by atoms with Crippen LogP contribution in [0.4, 0.5) is 11.4 Å². The predicted octanol–water partition coefficient (Wildman–Crippen LogP) is 9.62. The van der Waals surface area contributed by atoms with E-state index in [1.807, 2.05) is 0 Å². The molecule has 0 radical (unpaired) electrons. The summed E-state index contributed by atoms with van der Waals surface area (Å²) in [5.74, 6) is 0. The highest BCUT2D eigenvalue weighted by molar-refractivity contribution is 6.27. The lowest BCUT2D eigenvalue weighted by Gasteiger charge is -2.25. The third-order valence-electron chi connectivity index (χ3n) is 9.04. The molecule has 0 fully saturated rings. The summed E-state index contributed by atoms with van der Waals surface area (Å²) in [6.07, 6.45) is -0.0760. The zero-order chi connectivity index (χ0) is 27.4. The molecular formula is C38H24N4. The molecule has 0 spiro atoms. The first-order valence-corrected chi connectivity index (χ1v) is 14.4. The fourth-order valence-electron chi connectivity index (χ4n) is 7.25. The van der Waals surface area contributed by atoms with Gasteiger partial charge in [-0.15, -0.1) is 0 Å². The Labute approximate surface area is 241 Å². The highest BCUT2D eigenvalue weighted by Crippen LogP contribution is 2.48. The van der Waals surface area contributed by atoms with Crippen molar-refractivity contribution in [3.8, 4) is 16.8 Å². The van der Waals surface area contributed by atoms with Crippen molar-refractivity contribution in [2.24, 2.45) is 4.99 Å². The van der Waals surface area contributed by atoms with E-state index in [2.05, 4.69) is 148 Å². The van der Waals surface area contributed by atoms with Gasteiger partial charge in [-0.25, -0.2) is 4.99 Å². The first-order valence-electron chi connectivity index (χ1n) is 14.4. The van der Waals surface area contributed by atoms with Gasteiger partial charge in [0.15, 0.2) is 0 Å². The van der Waals surface area contributed by atoms with Crippen LogP contribution < -0.4 is 5.32 Å². The van der Waals surface area contributed by atoms with E-state index in [0.29, 0.717) is 0 Å². The number of aliphatic imine (C=N–C) groups is 1.